The van der Waals surface area contributed by atoms with Crippen molar-refractivity contribution < 1.29 is 14.6 Å². The molecule has 2 aromatic carbocycles. The molecule has 0 amide bonds. The minimum atomic E-state index is -0.378. The summed E-state index contributed by atoms with van der Waals surface area (Å²) >= 11 is 0. The molecular formula is C32H43NO3. The molecule has 0 aliphatic carbocycles. The lowest BCUT2D eigenvalue weighted by molar-refractivity contribution is 0.0233. The number of ether oxygens (including phenoxy) is 2. The van der Waals surface area contributed by atoms with E-state index in [0.29, 0.717) is 19.0 Å². The molecule has 1 N–H and O–H groups in total. The van der Waals surface area contributed by atoms with E-state index in [1.54, 1.807) is 0 Å². The number of hydrogen-bond acceptors (Lipinski definition) is 4. The number of hydrogen-bond donors (Lipinski definition) is 1. The first-order valence-corrected chi connectivity index (χ1v) is 13.7. The number of phenols is 1. The molecule has 2 heterocycles. The van der Waals surface area contributed by atoms with Gasteiger partial charge >= 0.3 is 0 Å². The van der Waals surface area contributed by atoms with Crippen LogP contribution in [0.3, 0.4) is 0 Å². The third-order valence-corrected chi connectivity index (χ3v) is 7.42. The molecule has 194 valence electrons. The summed E-state index contributed by atoms with van der Waals surface area (Å²) in [6, 6.07) is 12.8. The summed E-state index contributed by atoms with van der Waals surface area (Å²) in [7, 11) is 0. The number of unbranched alkanes of at least 4 members (excludes halogenated alkanes) is 2. The lowest BCUT2D eigenvalue weighted by Crippen LogP contribution is -2.40. The van der Waals surface area contributed by atoms with Crippen LogP contribution < -0.4 is 4.74 Å². The van der Waals surface area contributed by atoms with Crippen molar-refractivity contribution in [3.05, 3.63) is 76.4 Å². The molecule has 0 spiro atoms. The molecule has 4 rings (SSSR count). The predicted molar refractivity (Wildman–Crippen MR) is 149 cm³/mol. The highest BCUT2D eigenvalue weighted by Gasteiger charge is 2.34. The zero-order valence-corrected chi connectivity index (χ0v) is 22.6. The SMILES string of the molecule is CCCCCc1cc2c(c(O)c1C(c1ccccc1)N1CCOCC1)C=CC(C)(CCC=C(C)C)O2. The number of fused-ring (bicyclic) bond motifs is 1. The Morgan fingerprint density at radius 2 is 1.89 bits per heavy atom. The average Bonchev–Trinajstić information content (AvgIpc) is 2.87. The van der Waals surface area contributed by atoms with Crippen molar-refractivity contribution in [1.82, 2.24) is 4.90 Å². The van der Waals surface area contributed by atoms with Gasteiger partial charge in [-0.25, -0.2) is 0 Å². The minimum Gasteiger partial charge on any atom is -0.507 e. The molecule has 2 atom stereocenters. The molecule has 1 saturated heterocycles. The molecule has 0 aromatic heterocycles. The van der Waals surface area contributed by atoms with Gasteiger partial charge in [-0.05, 0) is 75.8 Å². The first-order chi connectivity index (χ1) is 17.4. The number of aryl methyl sites for hydroxylation is 1. The van der Waals surface area contributed by atoms with E-state index in [1.165, 1.54) is 29.5 Å². The molecule has 0 saturated carbocycles. The quantitative estimate of drug-likeness (QED) is 0.278. The Labute approximate surface area is 217 Å². The number of benzene rings is 2. The lowest BCUT2D eigenvalue weighted by atomic mass is 9.86. The van der Waals surface area contributed by atoms with Gasteiger partial charge < -0.3 is 14.6 Å². The molecule has 2 aliphatic heterocycles. The zero-order valence-electron chi connectivity index (χ0n) is 22.6. The Morgan fingerprint density at radius 1 is 1.14 bits per heavy atom. The molecular weight excluding hydrogens is 446 g/mol. The Morgan fingerprint density at radius 3 is 2.58 bits per heavy atom. The first-order valence-electron chi connectivity index (χ1n) is 13.7. The van der Waals surface area contributed by atoms with Crippen molar-refractivity contribution in [2.45, 2.75) is 77.9 Å². The normalized spacial score (nSPS) is 20.4. The summed E-state index contributed by atoms with van der Waals surface area (Å²) < 4.78 is 12.3. The maximum absolute atomic E-state index is 11.9. The molecule has 36 heavy (non-hydrogen) atoms. The van der Waals surface area contributed by atoms with E-state index >= 15 is 0 Å². The van der Waals surface area contributed by atoms with Crippen LogP contribution in [0.25, 0.3) is 6.08 Å². The third kappa shape index (κ3) is 6.22. The monoisotopic (exact) mass is 489 g/mol. The summed E-state index contributed by atoms with van der Waals surface area (Å²) in [5.74, 6) is 1.17. The zero-order chi connectivity index (χ0) is 25.5. The summed E-state index contributed by atoms with van der Waals surface area (Å²) in [5, 5.41) is 11.9. The number of phenolic OH excluding ortho intramolecular Hbond substituents is 1. The highest BCUT2D eigenvalue weighted by molar-refractivity contribution is 5.71. The number of aromatic hydroxyl groups is 1. The van der Waals surface area contributed by atoms with Crippen molar-refractivity contribution in [3.63, 3.8) is 0 Å². The van der Waals surface area contributed by atoms with Gasteiger partial charge in [-0.3, -0.25) is 4.90 Å². The van der Waals surface area contributed by atoms with Gasteiger partial charge in [-0.2, -0.15) is 0 Å². The van der Waals surface area contributed by atoms with Crippen LogP contribution in [0.2, 0.25) is 0 Å². The summed E-state index contributed by atoms with van der Waals surface area (Å²) in [4.78, 5) is 2.46. The van der Waals surface area contributed by atoms with E-state index in [-0.39, 0.29) is 11.6 Å². The van der Waals surface area contributed by atoms with Crippen LogP contribution in [0.15, 0.2) is 54.1 Å². The number of morpholine rings is 1. The Hall–Kier alpha value is -2.56. The molecule has 4 heteroatoms. The number of rotatable bonds is 10. The minimum absolute atomic E-state index is 0.0172. The van der Waals surface area contributed by atoms with E-state index in [0.717, 1.165) is 55.6 Å². The topological polar surface area (TPSA) is 41.9 Å². The Kier molecular flexibility index (Phi) is 8.92. The predicted octanol–water partition coefficient (Wildman–Crippen LogP) is 7.46. The molecule has 2 aliphatic rings. The van der Waals surface area contributed by atoms with Crippen molar-refractivity contribution >= 4 is 6.08 Å². The number of nitrogens with zero attached hydrogens (tertiary/aromatic N) is 1. The fraction of sp³-hybridized carbons (Fsp3) is 0.500. The lowest BCUT2D eigenvalue weighted by Gasteiger charge is -2.38. The van der Waals surface area contributed by atoms with Crippen LogP contribution in [0.1, 0.15) is 88.1 Å². The molecule has 1 fully saturated rings. The maximum atomic E-state index is 11.9. The first kappa shape index (κ1) is 26.5. The van der Waals surface area contributed by atoms with Gasteiger partial charge in [0.25, 0.3) is 0 Å². The maximum Gasteiger partial charge on any atom is 0.131 e. The van der Waals surface area contributed by atoms with Crippen molar-refractivity contribution in [3.8, 4) is 11.5 Å². The molecule has 0 bridgehead atoms. The van der Waals surface area contributed by atoms with Gasteiger partial charge in [0.1, 0.15) is 17.1 Å². The molecule has 4 nitrogen and oxygen atoms in total. The fourth-order valence-electron chi connectivity index (χ4n) is 5.41. The van der Waals surface area contributed by atoms with Gasteiger partial charge in [0, 0.05) is 18.7 Å². The van der Waals surface area contributed by atoms with E-state index in [1.807, 2.05) is 0 Å². The second kappa shape index (κ2) is 12.1. The van der Waals surface area contributed by atoms with Crippen LogP contribution in [-0.2, 0) is 11.2 Å². The van der Waals surface area contributed by atoms with Crippen LogP contribution >= 0.6 is 0 Å². The largest absolute Gasteiger partial charge is 0.507 e. The van der Waals surface area contributed by atoms with Crippen molar-refractivity contribution in [2.75, 3.05) is 26.3 Å². The van der Waals surface area contributed by atoms with Gasteiger partial charge in [0.2, 0.25) is 0 Å². The summed E-state index contributed by atoms with van der Waals surface area (Å²) in [6.45, 7) is 11.8. The summed E-state index contributed by atoms with van der Waals surface area (Å²) in [5.41, 5.74) is 5.18. The highest BCUT2D eigenvalue weighted by Crippen LogP contribution is 2.46. The van der Waals surface area contributed by atoms with Crippen LogP contribution in [0.4, 0.5) is 0 Å². The average molecular weight is 490 g/mol. The second-order valence-electron chi connectivity index (χ2n) is 10.7. The standard InChI is InChI=1S/C32H43NO3/c1-5-6-8-15-26-23-28-27(16-18-32(4,36-28)17-11-12-24(2)3)31(34)29(26)30(25-13-9-7-10-14-25)33-19-21-35-22-20-33/h7,9-10,12-14,16,18,23,30,34H,5-6,8,11,15,17,19-22H2,1-4H3. The van der Waals surface area contributed by atoms with Crippen molar-refractivity contribution in [2.24, 2.45) is 0 Å². The van der Waals surface area contributed by atoms with Crippen molar-refractivity contribution in [1.29, 1.82) is 0 Å². The van der Waals surface area contributed by atoms with E-state index in [9.17, 15) is 5.11 Å². The highest BCUT2D eigenvalue weighted by atomic mass is 16.5. The van der Waals surface area contributed by atoms with Gasteiger partial charge in [-0.15, -0.1) is 0 Å². The second-order valence-corrected chi connectivity index (χ2v) is 10.7. The van der Waals surface area contributed by atoms with E-state index in [2.05, 4.69) is 87.2 Å². The fourth-order valence-corrected chi connectivity index (χ4v) is 5.41. The van der Waals surface area contributed by atoms with Gasteiger partial charge in [0.05, 0.1) is 24.8 Å². The van der Waals surface area contributed by atoms with E-state index < -0.39 is 0 Å². The van der Waals surface area contributed by atoms with Crippen LogP contribution in [0.5, 0.6) is 11.5 Å². The van der Waals surface area contributed by atoms with Crippen LogP contribution in [-0.4, -0.2) is 41.9 Å². The van der Waals surface area contributed by atoms with Gasteiger partial charge in [-0.1, -0.05) is 61.7 Å². The summed E-state index contributed by atoms with van der Waals surface area (Å²) in [6.07, 6.45) is 12.7. The molecule has 2 aromatic rings. The Balaban J connectivity index is 1.78. The third-order valence-electron chi connectivity index (χ3n) is 7.42. The molecule has 2 unspecified atom stereocenters. The number of allylic oxidation sites excluding steroid dienone is 2. The van der Waals surface area contributed by atoms with Crippen LogP contribution in [0, 0.1) is 0 Å². The Bertz CT molecular complexity index is 1060. The smallest absolute Gasteiger partial charge is 0.131 e. The van der Waals surface area contributed by atoms with E-state index in [4.69, 9.17) is 9.47 Å². The molecule has 0 radical (unpaired) electrons. The van der Waals surface area contributed by atoms with Gasteiger partial charge in [0.15, 0.2) is 0 Å².